The highest BCUT2D eigenvalue weighted by atomic mass is 16.5. The van der Waals surface area contributed by atoms with E-state index in [2.05, 4.69) is 27.0 Å². The first-order valence-corrected chi connectivity index (χ1v) is 11.5. The highest BCUT2D eigenvalue weighted by Gasteiger charge is 2.23. The van der Waals surface area contributed by atoms with E-state index in [1.807, 2.05) is 75.3 Å². The average molecular weight is 499 g/mol. The largest absolute Gasteiger partial charge is 0.445 e. The molecule has 0 aromatic heterocycles. The van der Waals surface area contributed by atoms with E-state index in [-0.39, 0.29) is 12.5 Å². The van der Waals surface area contributed by atoms with E-state index in [0.29, 0.717) is 12.0 Å². The van der Waals surface area contributed by atoms with Gasteiger partial charge in [0.2, 0.25) is 0 Å². The first kappa shape index (κ1) is 28.1. The van der Waals surface area contributed by atoms with Crippen LogP contribution in [-0.2, 0) is 22.7 Å². The van der Waals surface area contributed by atoms with Crippen LogP contribution in [0.25, 0.3) is 0 Å². The van der Waals surface area contributed by atoms with Crippen LogP contribution in [-0.4, -0.2) is 49.0 Å². The number of hydrazine groups is 2. The van der Waals surface area contributed by atoms with Crippen LogP contribution >= 0.6 is 0 Å². The van der Waals surface area contributed by atoms with Crippen molar-refractivity contribution in [2.75, 3.05) is 14.1 Å². The number of urea groups is 1. The Morgan fingerprint density at radius 3 is 2.08 bits per heavy atom. The molecule has 11 nitrogen and oxygen atoms in total. The fourth-order valence-electron chi connectivity index (χ4n) is 3.16. The van der Waals surface area contributed by atoms with Crippen LogP contribution in [0.4, 0.5) is 9.59 Å². The molecule has 0 saturated heterocycles. The topological polar surface area (TPSA) is 141 Å². The van der Waals surface area contributed by atoms with Gasteiger partial charge in [-0.05, 0) is 49.7 Å². The number of rotatable bonds is 9. The number of ether oxygens (including phenoxy) is 1. The molecule has 0 bridgehead atoms. The lowest BCUT2D eigenvalue weighted by atomic mass is 10.0. The van der Waals surface area contributed by atoms with Gasteiger partial charge in [-0.15, -0.1) is 0 Å². The molecule has 0 unspecified atom stereocenters. The van der Waals surface area contributed by atoms with Crippen LogP contribution in [0, 0.1) is 5.92 Å². The number of hydrogen-bond acceptors (Lipinski definition) is 6. The molecule has 0 radical (unpaired) electrons. The highest BCUT2D eigenvalue weighted by molar-refractivity contribution is 5.95. The molecule has 0 aliphatic carbocycles. The summed E-state index contributed by atoms with van der Waals surface area (Å²) in [6, 6.07) is 14.3. The van der Waals surface area contributed by atoms with Crippen molar-refractivity contribution in [2.45, 2.75) is 39.5 Å². The van der Waals surface area contributed by atoms with Gasteiger partial charge in [-0.2, -0.15) is 0 Å². The van der Waals surface area contributed by atoms with E-state index in [1.54, 1.807) is 12.1 Å². The van der Waals surface area contributed by atoms with Crippen LogP contribution in [0.1, 0.15) is 41.8 Å². The summed E-state index contributed by atoms with van der Waals surface area (Å²) in [5.41, 5.74) is 11.0. The van der Waals surface area contributed by atoms with Crippen LogP contribution < -0.4 is 27.0 Å². The minimum Gasteiger partial charge on any atom is -0.445 e. The number of benzene rings is 2. The van der Waals surface area contributed by atoms with Crippen LogP contribution in [0.5, 0.6) is 0 Å². The number of nitrogens with one attached hydrogen (secondary N) is 5. The molecule has 2 aromatic rings. The lowest BCUT2D eigenvalue weighted by Gasteiger charge is -2.20. The summed E-state index contributed by atoms with van der Waals surface area (Å²) in [4.78, 5) is 51.0. The van der Waals surface area contributed by atoms with Crippen molar-refractivity contribution in [1.29, 1.82) is 0 Å². The van der Waals surface area contributed by atoms with Crippen molar-refractivity contribution in [3.05, 3.63) is 71.3 Å². The SMILES string of the molecule is CC(C)C[C@H](NC(=O)OCc1ccccc1)C(=O)NNC(=O)NNC(=O)c1ccc(CN(C)C)cc1. The first-order valence-electron chi connectivity index (χ1n) is 11.5. The second kappa shape index (κ2) is 14.3. The Morgan fingerprint density at radius 1 is 0.833 bits per heavy atom. The molecule has 2 rings (SSSR count). The second-order valence-corrected chi connectivity index (χ2v) is 8.85. The predicted octanol–water partition coefficient (Wildman–Crippen LogP) is 2.06. The smallest absolute Gasteiger partial charge is 0.408 e. The molecular weight excluding hydrogens is 464 g/mol. The van der Waals surface area contributed by atoms with Gasteiger partial charge in [0.1, 0.15) is 12.6 Å². The number of amides is 5. The Morgan fingerprint density at radius 2 is 1.47 bits per heavy atom. The molecule has 0 aliphatic rings. The Hall–Kier alpha value is -4.12. The molecule has 5 amide bonds. The van der Waals surface area contributed by atoms with Gasteiger partial charge in [-0.3, -0.25) is 20.4 Å². The zero-order valence-electron chi connectivity index (χ0n) is 21.0. The maximum atomic E-state index is 12.5. The number of alkyl carbamates (subject to hydrolysis) is 1. The maximum Gasteiger partial charge on any atom is 0.408 e. The van der Waals surface area contributed by atoms with Gasteiger partial charge in [-0.1, -0.05) is 56.3 Å². The van der Waals surface area contributed by atoms with Crippen LogP contribution in [0.2, 0.25) is 0 Å². The maximum absolute atomic E-state index is 12.5. The Labute approximate surface area is 210 Å². The normalized spacial score (nSPS) is 11.4. The minimum absolute atomic E-state index is 0.0570. The molecule has 194 valence electrons. The van der Waals surface area contributed by atoms with Crippen molar-refractivity contribution in [3.63, 3.8) is 0 Å². The minimum atomic E-state index is -0.941. The molecule has 5 N–H and O–H groups in total. The summed E-state index contributed by atoms with van der Waals surface area (Å²) in [5, 5.41) is 2.51. The summed E-state index contributed by atoms with van der Waals surface area (Å²) >= 11 is 0. The number of nitrogens with zero attached hydrogens (tertiary/aromatic N) is 1. The van der Waals surface area contributed by atoms with Gasteiger partial charge in [0, 0.05) is 12.1 Å². The van der Waals surface area contributed by atoms with E-state index in [4.69, 9.17) is 4.74 Å². The van der Waals surface area contributed by atoms with E-state index in [9.17, 15) is 19.2 Å². The zero-order valence-corrected chi connectivity index (χ0v) is 21.0. The number of carbonyl (C=O) groups is 4. The lowest BCUT2D eigenvalue weighted by molar-refractivity contribution is -0.124. The molecule has 36 heavy (non-hydrogen) atoms. The summed E-state index contributed by atoms with van der Waals surface area (Å²) in [6.07, 6.45) is -0.441. The summed E-state index contributed by atoms with van der Waals surface area (Å²) < 4.78 is 5.17. The van der Waals surface area contributed by atoms with Crippen LogP contribution in [0.15, 0.2) is 54.6 Å². The van der Waals surface area contributed by atoms with E-state index in [1.165, 1.54) is 0 Å². The molecule has 2 aromatic carbocycles. The van der Waals surface area contributed by atoms with E-state index in [0.717, 1.165) is 17.7 Å². The third-order valence-electron chi connectivity index (χ3n) is 4.83. The summed E-state index contributed by atoms with van der Waals surface area (Å²) in [7, 11) is 3.89. The van der Waals surface area contributed by atoms with Crippen LogP contribution in [0.3, 0.4) is 0 Å². The molecule has 0 aliphatic heterocycles. The standard InChI is InChI=1S/C25H34N6O5/c1-17(2)14-21(26-25(35)36-16-19-8-6-5-7-9-19)23(33)28-30-24(34)29-27-22(32)20-12-10-18(11-13-20)15-31(3)4/h5-13,17,21H,14-16H2,1-4H3,(H,26,35)(H,27,32)(H,28,33)(H2,29,30,34)/t21-/m0/s1. The highest BCUT2D eigenvalue weighted by Crippen LogP contribution is 2.07. The Balaban J connectivity index is 1.78. The van der Waals surface area contributed by atoms with E-state index < -0.39 is 30.0 Å². The summed E-state index contributed by atoms with van der Waals surface area (Å²) in [5.74, 6) is -1.08. The molecule has 0 saturated carbocycles. The third-order valence-corrected chi connectivity index (χ3v) is 4.83. The lowest BCUT2D eigenvalue weighted by Crippen LogP contribution is -2.56. The van der Waals surface area contributed by atoms with Crippen molar-refractivity contribution in [2.24, 2.45) is 5.92 Å². The first-order chi connectivity index (χ1) is 17.1. The van der Waals surface area contributed by atoms with Gasteiger partial charge in [0.15, 0.2) is 0 Å². The van der Waals surface area contributed by atoms with Gasteiger partial charge in [-0.25, -0.2) is 20.4 Å². The number of hydrogen-bond donors (Lipinski definition) is 5. The molecule has 0 fully saturated rings. The monoisotopic (exact) mass is 498 g/mol. The number of carbonyl (C=O) groups excluding carboxylic acids is 4. The summed E-state index contributed by atoms with van der Waals surface area (Å²) in [6.45, 7) is 4.57. The fourth-order valence-corrected chi connectivity index (χ4v) is 3.16. The predicted molar refractivity (Wildman–Crippen MR) is 134 cm³/mol. The second-order valence-electron chi connectivity index (χ2n) is 8.85. The van der Waals surface area contributed by atoms with Gasteiger partial charge >= 0.3 is 12.1 Å². The Kier molecular flexibility index (Phi) is 11.2. The van der Waals surface area contributed by atoms with Gasteiger partial charge in [0.25, 0.3) is 11.8 Å². The molecule has 1 atom stereocenters. The third kappa shape index (κ3) is 10.4. The molecule has 11 heteroatoms. The van der Waals surface area contributed by atoms with Gasteiger partial charge in [0.05, 0.1) is 0 Å². The molecule has 0 heterocycles. The quantitative estimate of drug-likeness (QED) is 0.335. The van der Waals surface area contributed by atoms with Crippen molar-refractivity contribution < 1.29 is 23.9 Å². The Bertz CT molecular complexity index is 1010. The van der Waals surface area contributed by atoms with Crippen molar-refractivity contribution in [3.8, 4) is 0 Å². The van der Waals surface area contributed by atoms with Crippen molar-refractivity contribution in [1.82, 2.24) is 31.9 Å². The molecular formula is C25H34N6O5. The average Bonchev–Trinajstić information content (AvgIpc) is 2.84. The van der Waals surface area contributed by atoms with Gasteiger partial charge < -0.3 is 15.0 Å². The van der Waals surface area contributed by atoms with Crippen molar-refractivity contribution >= 4 is 23.9 Å². The zero-order chi connectivity index (χ0) is 26.5. The molecule has 0 spiro atoms. The fraction of sp³-hybridized carbons (Fsp3) is 0.360. The van der Waals surface area contributed by atoms with E-state index >= 15 is 0 Å².